The molecule has 0 amide bonds. The first-order valence-electron chi connectivity index (χ1n) is 8.39. The molecular formula is C21H17N3O2S. The van der Waals surface area contributed by atoms with Crippen LogP contribution in [0.2, 0.25) is 0 Å². The predicted molar refractivity (Wildman–Crippen MR) is 106 cm³/mol. The van der Waals surface area contributed by atoms with Crippen LogP contribution < -0.4 is 9.47 Å². The maximum absolute atomic E-state index is 9.42. The smallest absolute Gasteiger partial charge is 0.194 e. The van der Waals surface area contributed by atoms with Crippen LogP contribution in [-0.2, 0) is 6.42 Å². The Labute approximate surface area is 161 Å². The lowest BCUT2D eigenvalue weighted by Gasteiger charge is -2.07. The van der Waals surface area contributed by atoms with E-state index in [9.17, 15) is 5.26 Å². The third-order valence-corrected chi connectivity index (χ3v) is 5.24. The number of nitriles is 1. The Hall–Kier alpha value is -3.30. The normalized spacial score (nSPS) is 10.7. The van der Waals surface area contributed by atoms with Crippen molar-refractivity contribution in [2.45, 2.75) is 6.42 Å². The molecule has 134 valence electrons. The second-order valence-electron chi connectivity index (χ2n) is 5.94. The quantitative estimate of drug-likeness (QED) is 0.502. The van der Waals surface area contributed by atoms with Gasteiger partial charge in [-0.15, -0.1) is 11.3 Å². The van der Waals surface area contributed by atoms with Gasteiger partial charge in [0.2, 0.25) is 0 Å². The van der Waals surface area contributed by atoms with Gasteiger partial charge in [-0.2, -0.15) is 5.26 Å². The van der Waals surface area contributed by atoms with E-state index in [2.05, 4.69) is 15.8 Å². The second-order valence-corrected chi connectivity index (χ2v) is 6.78. The standard InChI is InChI=1S/C21H17N3O2S/c1-25-16-7-3-5-14(11-16)19-13-27-21-23-20(18(9-10-22)24(19)21)15-6-4-8-17(12-15)26-2/h3-8,11-13H,9H2,1-2H3. The zero-order valence-electron chi connectivity index (χ0n) is 15.0. The minimum atomic E-state index is 0.265. The van der Waals surface area contributed by atoms with E-state index < -0.39 is 0 Å². The third-order valence-electron chi connectivity index (χ3n) is 4.41. The number of imidazole rings is 1. The third kappa shape index (κ3) is 3.03. The first-order chi connectivity index (χ1) is 13.2. The average molecular weight is 375 g/mol. The summed E-state index contributed by atoms with van der Waals surface area (Å²) in [7, 11) is 3.30. The fraction of sp³-hybridized carbons (Fsp3) is 0.143. The molecule has 0 N–H and O–H groups in total. The molecule has 4 aromatic rings. The molecule has 2 aromatic heterocycles. The van der Waals surface area contributed by atoms with Crippen molar-refractivity contribution in [2.75, 3.05) is 14.2 Å². The maximum Gasteiger partial charge on any atom is 0.194 e. The van der Waals surface area contributed by atoms with E-state index in [1.165, 1.54) is 0 Å². The molecule has 2 aromatic carbocycles. The Morgan fingerprint density at radius 3 is 2.37 bits per heavy atom. The van der Waals surface area contributed by atoms with Crippen molar-refractivity contribution >= 4 is 16.3 Å². The number of thiazole rings is 1. The van der Waals surface area contributed by atoms with Gasteiger partial charge < -0.3 is 9.47 Å². The molecule has 0 fully saturated rings. The number of rotatable bonds is 5. The highest BCUT2D eigenvalue weighted by Crippen LogP contribution is 2.35. The number of nitrogens with zero attached hydrogens (tertiary/aromatic N) is 3. The highest BCUT2D eigenvalue weighted by molar-refractivity contribution is 7.15. The van der Waals surface area contributed by atoms with Gasteiger partial charge in [-0.3, -0.25) is 4.40 Å². The molecule has 5 nitrogen and oxygen atoms in total. The maximum atomic E-state index is 9.42. The largest absolute Gasteiger partial charge is 0.497 e. The Kier molecular flexibility index (Phi) is 4.53. The zero-order chi connectivity index (χ0) is 18.8. The Bertz CT molecular complexity index is 1150. The van der Waals surface area contributed by atoms with Gasteiger partial charge in [0.1, 0.15) is 11.5 Å². The summed E-state index contributed by atoms with van der Waals surface area (Å²) in [6, 6.07) is 17.9. The molecular weight excluding hydrogens is 358 g/mol. The number of fused-ring (bicyclic) bond motifs is 1. The van der Waals surface area contributed by atoms with Crippen LogP contribution in [0.4, 0.5) is 0 Å². The van der Waals surface area contributed by atoms with E-state index in [4.69, 9.17) is 14.5 Å². The number of ether oxygens (including phenoxy) is 2. The molecule has 0 radical (unpaired) electrons. The van der Waals surface area contributed by atoms with Crippen molar-refractivity contribution in [2.24, 2.45) is 0 Å². The fourth-order valence-corrected chi connectivity index (χ4v) is 4.06. The van der Waals surface area contributed by atoms with Gasteiger partial charge in [-0.1, -0.05) is 24.3 Å². The molecule has 4 rings (SSSR count). The average Bonchev–Trinajstić information content (AvgIpc) is 3.28. The lowest BCUT2D eigenvalue weighted by Crippen LogP contribution is -1.95. The van der Waals surface area contributed by atoms with E-state index in [0.717, 1.165) is 44.7 Å². The minimum absolute atomic E-state index is 0.265. The molecule has 0 unspecified atom stereocenters. The van der Waals surface area contributed by atoms with Crippen LogP contribution in [0.25, 0.3) is 27.5 Å². The predicted octanol–water partition coefficient (Wildman–Crippen LogP) is 4.81. The van der Waals surface area contributed by atoms with Crippen LogP contribution in [0.15, 0.2) is 53.9 Å². The Balaban J connectivity index is 1.94. The van der Waals surface area contributed by atoms with Crippen molar-refractivity contribution in [1.29, 1.82) is 5.26 Å². The topological polar surface area (TPSA) is 59.6 Å². The number of hydrogen-bond donors (Lipinski definition) is 0. The Morgan fingerprint density at radius 2 is 1.70 bits per heavy atom. The van der Waals surface area contributed by atoms with Crippen molar-refractivity contribution in [3.05, 3.63) is 59.6 Å². The number of hydrogen-bond acceptors (Lipinski definition) is 5. The van der Waals surface area contributed by atoms with Gasteiger partial charge in [-0.25, -0.2) is 4.98 Å². The van der Waals surface area contributed by atoms with E-state index >= 15 is 0 Å². The van der Waals surface area contributed by atoms with Gasteiger partial charge in [0.25, 0.3) is 0 Å². The SMILES string of the molecule is COc1cccc(-c2nc3scc(-c4cccc(OC)c4)n3c2CC#N)c1. The molecule has 6 heteroatoms. The molecule has 0 spiro atoms. The fourth-order valence-electron chi connectivity index (χ4n) is 3.14. The van der Waals surface area contributed by atoms with Crippen LogP contribution in [0.3, 0.4) is 0 Å². The van der Waals surface area contributed by atoms with Gasteiger partial charge in [0.05, 0.1) is 43.8 Å². The molecule has 27 heavy (non-hydrogen) atoms. The summed E-state index contributed by atoms with van der Waals surface area (Å²) >= 11 is 1.56. The molecule has 0 aliphatic rings. The monoisotopic (exact) mass is 375 g/mol. The van der Waals surface area contributed by atoms with Crippen LogP contribution in [0.5, 0.6) is 11.5 Å². The van der Waals surface area contributed by atoms with Gasteiger partial charge in [0.15, 0.2) is 4.96 Å². The van der Waals surface area contributed by atoms with E-state index in [-0.39, 0.29) is 6.42 Å². The second kappa shape index (κ2) is 7.14. The van der Waals surface area contributed by atoms with E-state index in [1.54, 1.807) is 25.6 Å². The van der Waals surface area contributed by atoms with Gasteiger partial charge >= 0.3 is 0 Å². The molecule has 0 atom stereocenters. The molecule has 0 bridgehead atoms. The molecule has 0 saturated heterocycles. The van der Waals surface area contributed by atoms with Crippen LogP contribution >= 0.6 is 11.3 Å². The van der Waals surface area contributed by atoms with E-state index in [1.807, 2.05) is 48.5 Å². The van der Waals surface area contributed by atoms with Crippen molar-refractivity contribution < 1.29 is 9.47 Å². The summed E-state index contributed by atoms with van der Waals surface area (Å²) in [6.07, 6.45) is 0.265. The van der Waals surface area contributed by atoms with Crippen molar-refractivity contribution in [3.63, 3.8) is 0 Å². The highest BCUT2D eigenvalue weighted by atomic mass is 32.1. The van der Waals surface area contributed by atoms with E-state index in [0.29, 0.717) is 0 Å². The lowest BCUT2D eigenvalue weighted by molar-refractivity contribution is 0.415. The highest BCUT2D eigenvalue weighted by Gasteiger charge is 2.19. The summed E-state index contributed by atoms with van der Waals surface area (Å²) in [5, 5.41) is 11.5. The summed E-state index contributed by atoms with van der Waals surface area (Å²) in [4.78, 5) is 5.67. The van der Waals surface area contributed by atoms with Gasteiger partial charge in [0, 0.05) is 16.5 Å². The lowest BCUT2D eigenvalue weighted by atomic mass is 10.1. The molecule has 0 saturated carbocycles. The summed E-state index contributed by atoms with van der Waals surface area (Å²) < 4.78 is 12.8. The van der Waals surface area contributed by atoms with Crippen molar-refractivity contribution in [3.8, 4) is 40.1 Å². The number of benzene rings is 2. The first kappa shape index (κ1) is 17.1. The minimum Gasteiger partial charge on any atom is -0.497 e. The molecule has 2 heterocycles. The van der Waals surface area contributed by atoms with Crippen molar-refractivity contribution in [1.82, 2.24) is 9.38 Å². The summed E-state index contributed by atoms with van der Waals surface area (Å²) in [5.41, 5.74) is 4.65. The zero-order valence-corrected chi connectivity index (χ0v) is 15.8. The summed E-state index contributed by atoms with van der Waals surface area (Å²) in [5.74, 6) is 1.56. The molecule has 0 aliphatic carbocycles. The van der Waals surface area contributed by atoms with Gasteiger partial charge in [-0.05, 0) is 24.3 Å². The van der Waals surface area contributed by atoms with Crippen LogP contribution in [-0.4, -0.2) is 23.6 Å². The number of methoxy groups -OCH3 is 2. The number of aromatic nitrogens is 2. The van der Waals surface area contributed by atoms with Crippen LogP contribution in [0.1, 0.15) is 5.69 Å². The van der Waals surface area contributed by atoms with Crippen LogP contribution in [0, 0.1) is 11.3 Å². The first-order valence-corrected chi connectivity index (χ1v) is 9.27. The Morgan fingerprint density at radius 1 is 1.04 bits per heavy atom. The summed E-state index contributed by atoms with van der Waals surface area (Å²) in [6.45, 7) is 0. The molecule has 0 aliphatic heterocycles.